The number of carboxylic acid groups (broad SMARTS) is 1. The van der Waals surface area contributed by atoms with Crippen LogP contribution < -0.4 is 15.3 Å². The van der Waals surface area contributed by atoms with Gasteiger partial charge in [-0.1, -0.05) is 24.3 Å². The Hall–Kier alpha value is -4.87. The minimum atomic E-state index is -1.22. The van der Waals surface area contributed by atoms with Crippen LogP contribution in [0, 0.1) is 11.6 Å². The molecular formula is C22H15F2N5O5. The summed E-state index contributed by atoms with van der Waals surface area (Å²) in [5.74, 6) is -2.99. The molecule has 0 fully saturated rings. The Morgan fingerprint density at radius 3 is 2.29 bits per heavy atom. The second kappa shape index (κ2) is 8.94. The Labute approximate surface area is 189 Å². The van der Waals surface area contributed by atoms with Crippen molar-refractivity contribution in [3.8, 4) is 17.2 Å². The van der Waals surface area contributed by atoms with Crippen LogP contribution in [0.1, 0.15) is 10.4 Å². The maximum Gasteiger partial charge on any atom is 0.377 e. The third-order valence-corrected chi connectivity index (χ3v) is 4.74. The number of anilines is 1. The van der Waals surface area contributed by atoms with Crippen molar-refractivity contribution in [3.63, 3.8) is 0 Å². The molecule has 0 atom stereocenters. The standard InChI is InChI=1S/C22H15F2N5O5/c1-27(17-11-10-13(20(30)31)12-18(17)34-14-6-3-2-4-7-14)21(32)29-22(33)28(25-26-29)19-15(23)8-5-9-16(19)24/h2-12H,1H3,(H,30,31). The minimum absolute atomic E-state index is 0.00235. The maximum absolute atomic E-state index is 14.1. The van der Waals surface area contributed by atoms with Crippen LogP contribution >= 0.6 is 0 Å². The van der Waals surface area contributed by atoms with Crippen molar-refractivity contribution in [1.82, 2.24) is 19.8 Å². The molecule has 4 aromatic rings. The summed E-state index contributed by atoms with van der Waals surface area (Å²) in [5, 5.41) is 16.2. The van der Waals surface area contributed by atoms with E-state index in [0.717, 1.165) is 23.1 Å². The minimum Gasteiger partial charge on any atom is -0.478 e. The van der Waals surface area contributed by atoms with E-state index in [1.807, 2.05) is 0 Å². The largest absolute Gasteiger partial charge is 0.478 e. The van der Waals surface area contributed by atoms with Gasteiger partial charge in [0.25, 0.3) is 0 Å². The first-order valence-electron chi connectivity index (χ1n) is 9.65. The van der Waals surface area contributed by atoms with Gasteiger partial charge in [-0.15, -0.1) is 4.68 Å². The number of carboxylic acids is 1. The third-order valence-electron chi connectivity index (χ3n) is 4.74. The van der Waals surface area contributed by atoms with Crippen LogP contribution in [0.2, 0.25) is 0 Å². The van der Waals surface area contributed by atoms with Crippen LogP contribution in [-0.2, 0) is 0 Å². The quantitative estimate of drug-likeness (QED) is 0.447. The molecule has 1 heterocycles. The average molecular weight is 467 g/mol. The number of aromatic carboxylic acids is 1. The molecule has 12 heteroatoms. The van der Waals surface area contributed by atoms with E-state index in [1.165, 1.54) is 25.2 Å². The van der Waals surface area contributed by atoms with Crippen LogP contribution in [0.3, 0.4) is 0 Å². The number of para-hydroxylation sites is 2. The second-order valence-corrected chi connectivity index (χ2v) is 6.90. The first-order valence-corrected chi connectivity index (χ1v) is 9.65. The summed E-state index contributed by atoms with van der Waals surface area (Å²) in [7, 11) is 1.28. The summed E-state index contributed by atoms with van der Waals surface area (Å²) in [6, 6.07) is 14.1. The third kappa shape index (κ3) is 4.11. The van der Waals surface area contributed by atoms with Gasteiger partial charge in [0.15, 0.2) is 17.4 Å². The lowest BCUT2D eigenvalue weighted by atomic mass is 10.1. The number of halogens is 2. The molecular weight excluding hydrogens is 452 g/mol. The number of nitrogens with zero attached hydrogens (tertiary/aromatic N) is 5. The zero-order valence-electron chi connectivity index (χ0n) is 17.4. The molecule has 0 saturated carbocycles. The van der Waals surface area contributed by atoms with Gasteiger partial charge < -0.3 is 9.84 Å². The maximum atomic E-state index is 14.1. The van der Waals surface area contributed by atoms with Gasteiger partial charge in [0.1, 0.15) is 11.4 Å². The van der Waals surface area contributed by atoms with Gasteiger partial charge in [0.05, 0.1) is 11.3 Å². The molecule has 0 aliphatic rings. The van der Waals surface area contributed by atoms with E-state index in [9.17, 15) is 28.3 Å². The van der Waals surface area contributed by atoms with E-state index in [2.05, 4.69) is 10.4 Å². The molecule has 0 aliphatic carbocycles. The van der Waals surface area contributed by atoms with Crippen LogP contribution in [0.5, 0.6) is 11.5 Å². The van der Waals surface area contributed by atoms with Crippen molar-refractivity contribution in [2.45, 2.75) is 0 Å². The normalized spacial score (nSPS) is 10.7. The summed E-state index contributed by atoms with van der Waals surface area (Å²) >= 11 is 0. The average Bonchev–Trinajstić information content (AvgIpc) is 3.19. The lowest BCUT2D eigenvalue weighted by Crippen LogP contribution is -2.39. The molecule has 1 aromatic heterocycles. The Morgan fingerprint density at radius 2 is 1.65 bits per heavy atom. The van der Waals surface area contributed by atoms with Crippen molar-refractivity contribution in [3.05, 3.63) is 94.4 Å². The van der Waals surface area contributed by atoms with Gasteiger partial charge in [-0.2, -0.15) is 4.68 Å². The number of tetrazole rings is 1. The predicted octanol–water partition coefficient (Wildman–Crippen LogP) is 3.30. The molecule has 0 bridgehead atoms. The summed E-state index contributed by atoms with van der Waals surface area (Å²) < 4.78 is 34.5. The highest BCUT2D eigenvalue weighted by atomic mass is 19.1. The van der Waals surface area contributed by atoms with Crippen LogP contribution in [0.25, 0.3) is 5.69 Å². The topological polar surface area (TPSA) is 120 Å². The highest BCUT2D eigenvalue weighted by Crippen LogP contribution is 2.33. The summed E-state index contributed by atoms with van der Waals surface area (Å²) in [6.07, 6.45) is 0. The molecule has 1 N–H and O–H groups in total. The van der Waals surface area contributed by atoms with Crippen molar-refractivity contribution in [2.75, 3.05) is 11.9 Å². The Morgan fingerprint density at radius 1 is 0.971 bits per heavy atom. The van der Waals surface area contributed by atoms with Gasteiger partial charge in [-0.3, -0.25) is 4.90 Å². The van der Waals surface area contributed by atoms with E-state index in [-0.39, 0.29) is 17.0 Å². The molecule has 3 aromatic carbocycles. The molecule has 172 valence electrons. The van der Waals surface area contributed by atoms with Crippen LogP contribution in [0.4, 0.5) is 19.3 Å². The van der Waals surface area contributed by atoms with Gasteiger partial charge in [-0.05, 0) is 52.9 Å². The summed E-state index contributed by atoms with van der Waals surface area (Å²) in [5.41, 5.74) is -2.01. The van der Waals surface area contributed by atoms with Crippen LogP contribution in [-0.4, -0.2) is 43.9 Å². The Kier molecular flexibility index (Phi) is 5.87. The monoisotopic (exact) mass is 467 g/mol. The molecule has 10 nitrogen and oxygen atoms in total. The molecule has 0 radical (unpaired) electrons. The van der Waals surface area contributed by atoms with E-state index < -0.39 is 35.0 Å². The lowest BCUT2D eigenvalue weighted by Gasteiger charge is -2.20. The Bertz CT molecular complexity index is 1430. The first-order chi connectivity index (χ1) is 16.3. The summed E-state index contributed by atoms with van der Waals surface area (Å²) in [6.45, 7) is 0. The molecule has 34 heavy (non-hydrogen) atoms. The molecule has 1 amide bonds. The fraction of sp³-hybridized carbons (Fsp3) is 0.0455. The van der Waals surface area contributed by atoms with Gasteiger partial charge in [0.2, 0.25) is 0 Å². The molecule has 0 saturated heterocycles. The predicted molar refractivity (Wildman–Crippen MR) is 115 cm³/mol. The first kappa shape index (κ1) is 22.3. The van der Waals surface area contributed by atoms with Gasteiger partial charge >= 0.3 is 17.7 Å². The second-order valence-electron chi connectivity index (χ2n) is 6.90. The van der Waals surface area contributed by atoms with Crippen molar-refractivity contribution in [1.29, 1.82) is 0 Å². The lowest BCUT2D eigenvalue weighted by molar-refractivity contribution is 0.0696. The fourth-order valence-corrected chi connectivity index (χ4v) is 3.06. The Balaban J connectivity index is 1.73. The number of amides is 1. The highest BCUT2D eigenvalue weighted by molar-refractivity contribution is 5.95. The van der Waals surface area contributed by atoms with E-state index in [4.69, 9.17) is 4.74 Å². The summed E-state index contributed by atoms with van der Waals surface area (Å²) in [4.78, 5) is 38.1. The number of aromatic nitrogens is 4. The van der Waals surface area contributed by atoms with E-state index in [1.54, 1.807) is 30.3 Å². The molecule has 0 unspecified atom stereocenters. The number of hydrogen-bond acceptors (Lipinski definition) is 6. The SMILES string of the molecule is CN(C(=O)n1nnn(-c2c(F)cccc2F)c1=O)c1ccc(C(=O)O)cc1Oc1ccccc1. The molecule has 0 spiro atoms. The van der Waals surface area contributed by atoms with Gasteiger partial charge in [0, 0.05) is 7.05 Å². The van der Waals surface area contributed by atoms with Crippen molar-refractivity contribution >= 4 is 17.7 Å². The van der Waals surface area contributed by atoms with Crippen molar-refractivity contribution in [2.24, 2.45) is 0 Å². The van der Waals surface area contributed by atoms with E-state index >= 15 is 0 Å². The fourth-order valence-electron chi connectivity index (χ4n) is 3.06. The molecule has 4 rings (SSSR count). The van der Waals surface area contributed by atoms with Crippen LogP contribution in [0.15, 0.2) is 71.5 Å². The number of rotatable bonds is 5. The smallest absolute Gasteiger partial charge is 0.377 e. The number of hydrogen-bond donors (Lipinski definition) is 1. The number of carbonyl (C=O) groups excluding carboxylic acids is 1. The highest BCUT2D eigenvalue weighted by Gasteiger charge is 2.25. The van der Waals surface area contributed by atoms with Crippen molar-refractivity contribution < 1.29 is 28.2 Å². The zero-order chi connectivity index (χ0) is 24.4. The zero-order valence-corrected chi connectivity index (χ0v) is 17.4. The number of carbonyl (C=O) groups is 2. The molecule has 0 aliphatic heterocycles. The van der Waals surface area contributed by atoms with E-state index in [0.29, 0.717) is 15.1 Å². The number of ether oxygens (including phenoxy) is 1. The number of benzene rings is 3. The van der Waals surface area contributed by atoms with Gasteiger partial charge in [-0.25, -0.2) is 23.2 Å².